The molecule has 0 N–H and O–H groups in total. The van der Waals surface area contributed by atoms with Crippen molar-refractivity contribution < 1.29 is 14.3 Å². The molecule has 0 saturated heterocycles. The van der Waals surface area contributed by atoms with Gasteiger partial charge in [-0.3, -0.25) is 4.79 Å². The summed E-state index contributed by atoms with van der Waals surface area (Å²) in [7, 11) is 3.16. The van der Waals surface area contributed by atoms with Gasteiger partial charge in [-0.05, 0) is 24.6 Å². The Morgan fingerprint density at radius 2 is 1.95 bits per heavy atom. The summed E-state index contributed by atoms with van der Waals surface area (Å²) in [5.41, 5.74) is 0.889. The lowest BCUT2D eigenvalue weighted by molar-refractivity contribution is -0.117. The standard InChI is InChI=1S/C15H19N3O3/c1-4-18-15(16-10-17-18)9-12(19)7-11-5-6-13(20-2)14(8-11)21-3/h5-6,8,10H,4,7,9H2,1-3H3. The molecule has 0 aliphatic rings. The zero-order valence-electron chi connectivity index (χ0n) is 12.5. The molecule has 0 fully saturated rings. The summed E-state index contributed by atoms with van der Waals surface area (Å²) in [6.07, 6.45) is 2.08. The van der Waals surface area contributed by atoms with E-state index in [4.69, 9.17) is 9.47 Å². The topological polar surface area (TPSA) is 66.2 Å². The molecule has 21 heavy (non-hydrogen) atoms. The number of carbonyl (C=O) groups excluding carboxylic acids is 1. The van der Waals surface area contributed by atoms with Crippen LogP contribution in [-0.2, 0) is 24.2 Å². The van der Waals surface area contributed by atoms with E-state index >= 15 is 0 Å². The Balaban J connectivity index is 2.06. The second-order valence-corrected chi connectivity index (χ2v) is 4.57. The minimum atomic E-state index is 0.0879. The number of nitrogens with zero attached hydrogens (tertiary/aromatic N) is 3. The van der Waals surface area contributed by atoms with Gasteiger partial charge in [0.25, 0.3) is 0 Å². The largest absolute Gasteiger partial charge is 0.493 e. The lowest BCUT2D eigenvalue weighted by atomic mass is 10.1. The van der Waals surface area contributed by atoms with E-state index in [2.05, 4.69) is 10.1 Å². The van der Waals surface area contributed by atoms with E-state index in [9.17, 15) is 4.79 Å². The minimum absolute atomic E-state index is 0.0879. The molecule has 2 aromatic rings. The smallest absolute Gasteiger partial charge is 0.161 e. The first-order valence-electron chi connectivity index (χ1n) is 6.77. The van der Waals surface area contributed by atoms with E-state index < -0.39 is 0 Å². The third kappa shape index (κ3) is 3.59. The van der Waals surface area contributed by atoms with Crippen LogP contribution < -0.4 is 9.47 Å². The fourth-order valence-electron chi connectivity index (χ4n) is 2.15. The average molecular weight is 289 g/mol. The summed E-state index contributed by atoms with van der Waals surface area (Å²) >= 11 is 0. The van der Waals surface area contributed by atoms with Crippen LogP contribution in [0.1, 0.15) is 18.3 Å². The summed E-state index contributed by atoms with van der Waals surface area (Å²) in [4.78, 5) is 16.3. The van der Waals surface area contributed by atoms with Gasteiger partial charge < -0.3 is 9.47 Å². The molecule has 0 unspecified atom stereocenters. The van der Waals surface area contributed by atoms with Crippen molar-refractivity contribution in [3.05, 3.63) is 35.9 Å². The van der Waals surface area contributed by atoms with Gasteiger partial charge in [-0.15, -0.1) is 0 Å². The van der Waals surface area contributed by atoms with Crippen LogP contribution in [0.3, 0.4) is 0 Å². The van der Waals surface area contributed by atoms with Crippen molar-refractivity contribution in [2.75, 3.05) is 14.2 Å². The van der Waals surface area contributed by atoms with Crippen LogP contribution in [0.4, 0.5) is 0 Å². The Bertz CT molecular complexity index is 622. The molecule has 0 radical (unpaired) electrons. The minimum Gasteiger partial charge on any atom is -0.493 e. The van der Waals surface area contributed by atoms with Crippen LogP contribution >= 0.6 is 0 Å². The fourth-order valence-corrected chi connectivity index (χ4v) is 2.15. The quantitative estimate of drug-likeness (QED) is 0.775. The number of hydrogen-bond acceptors (Lipinski definition) is 5. The van der Waals surface area contributed by atoms with E-state index in [-0.39, 0.29) is 12.2 Å². The highest BCUT2D eigenvalue weighted by atomic mass is 16.5. The van der Waals surface area contributed by atoms with Gasteiger partial charge in [-0.2, -0.15) is 5.10 Å². The highest BCUT2D eigenvalue weighted by Crippen LogP contribution is 2.27. The second-order valence-electron chi connectivity index (χ2n) is 4.57. The van der Waals surface area contributed by atoms with Crippen molar-refractivity contribution in [3.63, 3.8) is 0 Å². The predicted octanol–water partition coefficient (Wildman–Crippen LogP) is 1.67. The summed E-state index contributed by atoms with van der Waals surface area (Å²) in [5, 5.41) is 4.06. The first-order chi connectivity index (χ1) is 10.2. The average Bonchev–Trinajstić information content (AvgIpc) is 2.94. The summed E-state index contributed by atoms with van der Waals surface area (Å²) in [6, 6.07) is 5.49. The molecule has 2 rings (SSSR count). The summed E-state index contributed by atoms with van der Waals surface area (Å²) in [6.45, 7) is 2.68. The fraction of sp³-hybridized carbons (Fsp3) is 0.400. The molecule has 0 spiro atoms. The highest BCUT2D eigenvalue weighted by molar-refractivity contribution is 5.82. The molecule has 1 aromatic carbocycles. The van der Waals surface area contributed by atoms with Crippen LogP contribution in [0, 0.1) is 0 Å². The van der Waals surface area contributed by atoms with E-state index in [1.54, 1.807) is 25.0 Å². The van der Waals surface area contributed by atoms with Crippen LogP contribution in [0.25, 0.3) is 0 Å². The van der Waals surface area contributed by atoms with E-state index in [0.717, 1.165) is 5.56 Å². The van der Waals surface area contributed by atoms with Crippen LogP contribution in [0.5, 0.6) is 11.5 Å². The molecule has 0 aliphatic carbocycles. The predicted molar refractivity (Wildman–Crippen MR) is 77.7 cm³/mol. The maximum atomic E-state index is 12.1. The van der Waals surface area contributed by atoms with Crippen LogP contribution in [-0.4, -0.2) is 34.8 Å². The van der Waals surface area contributed by atoms with Gasteiger partial charge in [0.1, 0.15) is 17.9 Å². The molecular weight excluding hydrogens is 270 g/mol. The van der Waals surface area contributed by atoms with Gasteiger partial charge in [-0.1, -0.05) is 6.07 Å². The molecule has 0 saturated carbocycles. The van der Waals surface area contributed by atoms with Gasteiger partial charge in [0.05, 0.1) is 20.6 Å². The third-order valence-corrected chi connectivity index (χ3v) is 3.20. The number of methoxy groups -OCH3 is 2. The Labute approximate surface area is 123 Å². The Morgan fingerprint density at radius 1 is 1.19 bits per heavy atom. The number of Topliss-reactive ketones (excluding diaryl/α,β-unsaturated/α-hetero) is 1. The third-order valence-electron chi connectivity index (χ3n) is 3.20. The molecule has 6 nitrogen and oxygen atoms in total. The highest BCUT2D eigenvalue weighted by Gasteiger charge is 2.12. The Kier molecular flexibility index (Phi) is 4.92. The van der Waals surface area contributed by atoms with Gasteiger partial charge in [0.2, 0.25) is 0 Å². The Morgan fingerprint density at radius 3 is 2.62 bits per heavy atom. The first-order valence-corrected chi connectivity index (χ1v) is 6.77. The normalized spacial score (nSPS) is 10.4. The zero-order valence-corrected chi connectivity index (χ0v) is 12.5. The molecule has 6 heteroatoms. The number of ketones is 1. The number of benzene rings is 1. The van der Waals surface area contributed by atoms with Crippen molar-refractivity contribution in [1.29, 1.82) is 0 Å². The molecule has 112 valence electrons. The summed E-state index contributed by atoms with van der Waals surface area (Å²) in [5.74, 6) is 2.06. The van der Waals surface area contributed by atoms with Gasteiger partial charge in [-0.25, -0.2) is 9.67 Å². The second kappa shape index (κ2) is 6.88. The summed E-state index contributed by atoms with van der Waals surface area (Å²) < 4.78 is 12.1. The number of rotatable bonds is 7. The lowest BCUT2D eigenvalue weighted by Gasteiger charge is -2.09. The number of ether oxygens (including phenoxy) is 2. The molecule has 0 aliphatic heterocycles. The van der Waals surface area contributed by atoms with Crippen molar-refractivity contribution in [2.24, 2.45) is 0 Å². The molecule has 0 bridgehead atoms. The van der Waals surface area contributed by atoms with Crippen molar-refractivity contribution in [3.8, 4) is 11.5 Å². The Hall–Kier alpha value is -2.37. The van der Waals surface area contributed by atoms with Gasteiger partial charge in [0, 0.05) is 13.0 Å². The van der Waals surface area contributed by atoms with E-state index in [0.29, 0.717) is 30.3 Å². The number of hydrogen-bond donors (Lipinski definition) is 0. The van der Waals surface area contributed by atoms with Gasteiger partial charge in [0.15, 0.2) is 11.5 Å². The number of aryl methyl sites for hydroxylation is 1. The molecule has 1 aromatic heterocycles. The lowest BCUT2D eigenvalue weighted by Crippen LogP contribution is -2.12. The van der Waals surface area contributed by atoms with Gasteiger partial charge >= 0.3 is 0 Å². The zero-order chi connectivity index (χ0) is 15.2. The molecule has 0 amide bonds. The number of aromatic nitrogens is 3. The van der Waals surface area contributed by atoms with Crippen LogP contribution in [0.2, 0.25) is 0 Å². The SMILES string of the molecule is CCn1ncnc1CC(=O)Cc1ccc(OC)c(OC)c1. The first kappa shape index (κ1) is 15.0. The number of carbonyl (C=O) groups is 1. The maximum Gasteiger partial charge on any atom is 0.161 e. The van der Waals surface area contributed by atoms with Crippen molar-refractivity contribution in [1.82, 2.24) is 14.8 Å². The maximum absolute atomic E-state index is 12.1. The molecule has 1 heterocycles. The molecular formula is C15H19N3O3. The van der Waals surface area contributed by atoms with E-state index in [1.165, 1.54) is 6.33 Å². The van der Waals surface area contributed by atoms with E-state index in [1.807, 2.05) is 19.1 Å². The van der Waals surface area contributed by atoms with Crippen LogP contribution in [0.15, 0.2) is 24.5 Å². The van der Waals surface area contributed by atoms with Crippen molar-refractivity contribution in [2.45, 2.75) is 26.3 Å². The van der Waals surface area contributed by atoms with Crippen molar-refractivity contribution >= 4 is 5.78 Å². The monoisotopic (exact) mass is 289 g/mol. The molecule has 0 atom stereocenters.